The van der Waals surface area contributed by atoms with Gasteiger partial charge in [-0.15, -0.1) is 12.3 Å². The Hall–Kier alpha value is -2.71. The van der Waals surface area contributed by atoms with Gasteiger partial charge in [0, 0.05) is 36.3 Å². The van der Waals surface area contributed by atoms with Crippen molar-refractivity contribution in [3.05, 3.63) is 65.0 Å². The molecule has 0 unspecified atom stereocenters. The first-order chi connectivity index (χ1) is 14.9. The lowest BCUT2D eigenvalue weighted by molar-refractivity contribution is 0.174. The van der Waals surface area contributed by atoms with E-state index < -0.39 is 0 Å². The number of allylic oxidation sites excluding steroid dienone is 4. The third kappa shape index (κ3) is 7.18. The highest BCUT2D eigenvalue weighted by molar-refractivity contribution is 8.03. The topological polar surface area (TPSA) is 33.7 Å². The van der Waals surface area contributed by atoms with E-state index in [1.165, 1.54) is 0 Å². The van der Waals surface area contributed by atoms with E-state index in [0.29, 0.717) is 6.42 Å². The number of unbranched alkanes of at least 4 members (excludes halogenated alkanes) is 1. The molecule has 168 valence electrons. The van der Waals surface area contributed by atoms with Crippen LogP contribution in [0, 0.1) is 19.3 Å². The van der Waals surface area contributed by atoms with E-state index in [1.807, 2.05) is 39.1 Å². The SMILES string of the molecule is C#CCCCN(C(=C)Sc1cc2c(cc1C)OCO2)C(=C/C=C)/C(C)=C(\C)NC.CC. The molecule has 0 amide bonds. The van der Waals surface area contributed by atoms with Crippen LogP contribution >= 0.6 is 11.8 Å². The number of hydrogen-bond donors (Lipinski definition) is 1. The largest absolute Gasteiger partial charge is 0.454 e. The molecule has 0 saturated heterocycles. The molecule has 4 nitrogen and oxygen atoms in total. The Morgan fingerprint density at radius 3 is 2.52 bits per heavy atom. The van der Waals surface area contributed by atoms with Crippen molar-refractivity contribution in [3.63, 3.8) is 0 Å². The van der Waals surface area contributed by atoms with Gasteiger partial charge in [-0.2, -0.15) is 0 Å². The second kappa shape index (κ2) is 13.6. The quantitative estimate of drug-likeness (QED) is 0.192. The predicted molar refractivity (Wildman–Crippen MR) is 134 cm³/mol. The van der Waals surface area contributed by atoms with Crippen molar-refractivity contribution in [2.24, 2.45) is 0 Å². The van der Waals surface area contributed by atoms with Crippen LogP contribution in [0.3, 0.4) is 0 Å². The fourth-order valence-electron chi connectivity index (χ4n) is 2.94. The van der Waals surface area contributed by atoms with Gasteiger partial charge in [-0.25, -0.2) is 0 Å². The van der Waals surface area contributed by atoms with Crippen molar-refractivity contribution in [2.75, 3.05) is 20.4 Å². The maximum absolute atomic E-state index is 5.54. The number of nitrogens with one attached hydrogen (secondary N) is 1. The Morgan fingerprint density at radius 1 is 1.29 bits per heavy atom. The van der Waals surface area contributed by atoms with Crippen LogP contribution in [0.2, 0.25) is 0 Å². The van der Waals surface area contributed by atoms with Crippen LogP contribution in [0.5, 0.6) is 11.5 Å². The van der Waals surface area contributed by atoms with Crippen molar-refractivity contribution in [3.8, 4) is 23.8 Å². The van der Waals surface area contributed by atoms with Gasteiger partial charge in [0.05, 0.1) is 5.03 Å². The highest BCUT2D eigenvalue weighted by Crippen LogP contribution is 2.41. The smallest absolute Gasteiger partial charge is 0.231 e. The fourth-order valence-corrected chi connectivity index (χ4v) is 3.88. The summed E-state index contributed by atoms with van der Waals surface area (Å²) in [6.45, 7) is 19.5. The molecule has 2 rings (SSSR count). The second-order valence-corrected chi connectivity index (χ2v) is 7.83. The molecule has 0 aliphatic carbocycles. The Balaban J connectivity index is 0.00000233. The van der Waals surface area contributed by atoms with Gasteiger partial charge in [0.2, 0.25) is 6.79 Å². The minimum atomic E-state index is 0.265. The van der Waals surface area contributed by atoms with Gasteiger partial charge in [-0.3, -0.25) is 0 Å². The molecule has 1 aliphatic rings. The van der Waals surface area contributed by atoms with Gasteiger partial charge >= 0.3 is 0 Å². The minimum Gasteiger partial charge on any atom is -0.454 e. The molecule has 0 radical (unpaired) electrons. The van der Waals surface area contributed by atoms with E-state index >= 15 is 0 Å². The van der Waals surface area contributed by atoms with Crippen LogP contribution < -0.4 is 14.8 Å². The summed E-state index contributed by atoms with van der Waals surface area (Å²) in [5.74, 6) is 4.29. The number of fused-ring (bicyclic) bond motifs is 1. The highest BCUT2D eigenvalue weighted by atomic mass is 32.2. The van der Waals surface area contributed by atoms with Crippen molar-refractivity contribution >= 4 is 11.8 Å². The molecule has 0 spiro atoms. The maximum Gasteiger partial charge on any atom is 0.231 e. The van der Waals surface area contributed by atoms with Crippen LogP contribution in [0.1, 0.15) is 46.1 Å². The van der Waals surface area contributed by atoms with Crippen LogP contribution in [0.25, 0.3) is 0 Å². The van der Waals surface area contributed by atoms with E-state index in [9.17, 15) is 0 Å². The zero-order chi connectivity index (χ0) is 23.4. The number of ether oxygens (including phenoxy) is 2. The first-order valence-corrected chi connectivity index (χ1v) is 11.4. The normalized spacial score (nSPS) is 12.7. The van der Waals surface area contributed by atoms with E-state index in [1.54, 1.807) is 17.8 Å². The third-order valence-electron chi connectivity index (χ3n) is 4.79. The lowest BCUT2D eigenvalue weighted by Crippen LogP contribution is -2.24. The Morgan fingerprint density at radius 2 is 1.94 bits per heavy atom. The Bertz CT molecular complexity index is 878. The molecular formula is C26H36N2O2S. The molecule has 0 atom stereocenters. The molecular weight excluding hydrogens is 404 g/mol. The van der Waals surface area contributed by atoms with E-state index in [2.05, 4.69) is 50.1 Å². The molecule has 1 aromatic carbocycles. The van der Waals surface area contributed by atoms with Crippen molar-refractivity contribution in [1.29, 1.82) is 0 Å². The van der Waals surface area contributed by atoms with E-state index in [0.717, 1.165) is 56.9 Å². The summed E-state index contributed by atoms with van der Waals surface area (Å²) < 4.78 is 11.0. The second-order valence-electron chi connectivity index (χ2n) is 6.71. The molecule has 0 fully saturated rings. The molecule has 5 heteroatoms. The Kier molecular flexibility index (Phi) is 11.5. The summed E-state index contributed by atoms with van der Waals surface area (Å²) in [5.41, 5.74) is 4.41. The number of rotatable bonds is 10. The monoisotopic (exact) mass is 440 g/mol. The summed E-state index contributed by atoms with van der Waals surface area (Å²) in [6, 6.07) is 4.03. The zero-order valence-corrected chi connectivity index (χ0v) is 20.6. The first-order valence-electron chi connectivity index (χ1n) is 10.6. The van der Waals surface area contributed by atoms with E-state index in [4.69, 9.17) is 15.9 Å². The number of nitrogens with zero attached hydrogens (tertiary/aromatic N) is 1. The number of terminal acetylenes is 1. The maximum atomic E-state index is 5.54. The Labute approximate surface area is 193 Å². The third-order valence-corrected chi connectivity index (χ3v) is 5.91. The molecule has 1 N–H and O–H groups in total. The van der Waals surface area contributed by atoms with Crippen LogP contribution in [-0.2, 0) is 0 Å². The minimum absolute atomic E-state index is 0.265. The van der Waals surface area contributed by atoms with Crippen molar-refractivity contribution in [2.45, 2.75) is 52.4 Å². The van der Waals surface area contributed by atoms with Gasteiger partial charge in [-0.1, -0.05) is 44.8 Å². The molecule has 31 heavy (non-hydrogen) atoms. The van der Waals surface area contributed by atoms with Gasteiger partial charge in [0.1, 0.15) is 0 Å². The average Bonchev–Trinajstić information content (AvgIpc) is 3.23. The number of hydrogen-bond acceptors (Lipinski definition) is 5. The summed E-state index contributed by atoms with van der Waals surface area (Å²) in [4.78, 5) is 3.30. The van der Waals surface area contributed by atoms with Crippen molar-refractivity contribution < 1.29 is 9.47 Å². The molecule has 0 saturated carbocycles. The molecule has 1 heterocycles. The van der Waals surface area contributed by atoms with Gasteiger partial charge in [0.25, 0.3) is 0 Å². The van der Waals surface area contributed by atoms with E-state index in [-0.39, 0.29) is 6.79 Å². The summed E-state index contributed by atoms with van der Waals surface area (Å²) in [5, 5.41) is 4.15. The molecule has 0 bridgehead atoms. The predicted octanol–water partition coefficient (Wildman–Crippen LogP) is 6.61. The summed E-state index contributed by atoms with van der Waals surface area (Å²) in [6.07, 6.45) is 10.9. The fraction of sp³-hybridized carbons (Fsp3) is 0.385. The average molecular weight is 441 g/mol. The lowest BCUT2D eigenvalue weighted by Gasteiger charge is -2.30. The van der Waals surface area contributed by atoms with Crippen LogP contribution in [-0.4, -0.2) is 25.3 Å². The highest BCUT2D eigenvalue weighted by Gasteiger charge is 2.20. The van der Waals surface area contributed by atoms with Gasteiger partial charge in [0.15, 0.2) is 11.5 Å². The lowest BCUT2D eigenvalue weighted by atomic mass is 10.1. The molecule has 0 aromatic heterocycles. The first kappa shape index (κ1) is 26.3. The van der Waals surface area contributed by atoms with Crippen LogP contribution in [0.15, 0.2) is 64.3 Å². The number of benzene rings is 1. The zero-order valence-electron chi connectivity index (χ0n) is 19.8. The number of thioether (sulfide) groups is 1. The van der Waals surface area contributed by atoms with Crippen LogP contribution in [0.4, 0.5) is 0 Å². The molecule has 1 aromatic rings. The standard InChI is InChI=1S/C24H30N2O2S.C2H6/c1-8-10-11-13-26(21(12-9-2)18(4)19(5)25-7)20(6)29-24-15-23-22(14-17(24)3)27-16-28-23;1-2/h1,9,12,14-15,25H,2,6,10-11,13,16H2,3-5,7H3;1-2H3/b19-18+,21-12+;. The van der Waals surface area contributed by atoms with Gasteiger partial charge < -0.3 is 19.7 Å². The molecule has 1 aliphatic heterocycles. The van der Waals surface area contributed by atoms with Gasteiger partial charge in [-0.05, 0) is 56.5 Å². The van der Waals surface area contributed by atoms with Crippen molar-refractivity contribution in [1.82, 2.24) is 10.2 Å². The summed E-state index contributed by atoms with van der Waals surface area (Å²) in [7, 11) is 1.92. The summed E-state index contributed by atoms with van der Waals surface area (Å²) >= 11 is 1.62. The number of aryl methyl sites for hydroxylation is 1.